The minimum Gasteiger partial charge on any atom is -0.342 e. The summed E-state index contributed by atoms with van der Waals surface area (Å²) in [5.41, 5.74) is 1.92. The number of hydrogen-bond donors (Lipinski definition) is 0. The first-order valence-corrected chi connectivity index (χ1v) is 6.57. The number of rotatable bonds is 2. The Morgan fingerprint density at radius 1 is 1.17 bits per heavy atom. The highest BCUT2D eigenvalue weighted by Gasteiger charge is 2.18. The Labute approximate surface area is 106 Å². The predicted molar refractivity (Wildman–Crippen MR) is 71.8 cm³/mol. The third-order valence-electron chi connectivity index (χ3n) is 3.85. The summed E-state index contributed by atoms with van der Waals surface area (Å²) in [5, 5.41) is 1.05. The highest BCUT2D eigenvalue weighted by atomic mass is 16.1. The zero-order valence-electron chi connectivity index (χ0n) is 10.3. The van der Waals surface area contributed by atoms with Crippen molar-refractivity contribution in [2.24, 2.45) is 4.99 Å². The van der Waals surface area contributed by atoms with Gasteiger partial charge in [0.1, 0.15) is 5.69 Å². The van der Waals surface area contributed by atoms with Crippen LogP contribution in [0.15, 0.2) is 35.5 Å². The summed E-state index contributed by atoms with van der Waals surface area (Å²) in [7, 11) is 0. The molecule has 1 aliphatic carbocycles. The van der Waals surface area contributed by atoms with Gasteiger partial charge in [-0.15, -0.1) is 0 Å². The van der Waals surface area contributed by atoms with Crippen molar-refractivity contribution in [1.82, 2.24) is 4.57 Å². The average molecular weight is 240 g/mol. The molecular formula is C15H16N2O. The van der Waals surface area contributed by atoms with E-state index in [-0.39, 0.29) is 0 Å². The minimum absolute atomic E-state index is 0.555. The molecule has 1 aliphatic rings. The van der Waals surface area contributed by atoms with Crippen LogP contribution in [-0.2, 0) is 4.79 Å². The Morgan fingerprint density at radius 2 is 1.94 bits per heavy atom. The maximum absolute atomic E-state index is 10.5. The van der Waals surface area contributed by atoms with Crippen LogP contribution in [0.25, 0.3) is 10.9 Å². The molecule has 18 heavy (non-hydrogen) atoms. The Bertz CT molecular complexity index is 602. The topological polar surface area (TPSA) is 34.4 Å². The quantitative estimate of drug-likeness (QED) is 0.574. The number of benzene rings is 1. The molecule has 1 aromatic carbocycles. The molecule has 3 rings (SSSR count). The molecule has 0 aliphatic heterocycles. The molecule has 1 heterocycles. The van der Waals surface area contributed by atoms with E-state index in [9.17, 15) is 4.79 Å². The van der Waals surface area contributed by atoms with Gasteiger partial charge in [-0.25, -0.2) is 4.79 Å². The molecule has 0 amide bonds. The van der Waals surface area contributed by atoms with E-state index in [2.05, 4.69) is 15.6 Å². The lowest BCUT2D eigenvalue weighted by molar-refractivity contribution is 0.361. The second kappa shape index (κ2) is 4.79. The van der Waals surface area contributed by atoms with Crippen LogP contribution in [0.3, 0.4) is 0 Å². The fraction of sp³-hybridized carbons (Fsp3) is 0.400. The Hall–Kier alpha value is -1.86. The van der Waals surface area contributed by atoms with Crippen molar-refractivity contribution in [3.63, 3.8) is 0 Å². The number of hydrogen-bond acceptors (Lipinski definition) is 2. The molecule has 3 heteroatoms. The summed E-state index contributed by atoms with van der Waals surface area (Å²) in [6.07, 6.45) is 10.0. The van der Waals surface area contributed by atoms with Gasteiger partial charge in [-0.1, -0.05) is 37.5 Å². The number of nitrogens with zero attached hydrogens (tertiary/aromatic N) is 2. The number of fused-ring (bicyclic) bond motifs is 1. The molecule has 0 atom stereocenters. The fourth-order valence-electron chi connectivity index (χ4n) is 2.99. The van der Waals surface area contributed by atoms with Crippen LogP contribution in [0.2, 0.25) is 0 Å². The lowest BCUT2D eigenvalue weighted by Crippen LogP contribution is -2.11. The van der Waals surface area contributed by atoms with E-state index in [0.29, 0.717) is 6.04 Å². The first kappa shape index (κ1) is 11.2. The van der Waals surface area contributed by atoms with Crippen molar-refractivity contribution in [2.75, 3.05) is 0 Å². The van der Waals surface area contributed by atoms with E-state index >= 15 is 0 Å². The maximum atomic E-state index is 10.5. The molecule has 0 radical (unpaired) electrons. The zero-order chi connectivity index (χ0) is 12.4. The Morgan fingerprint density at radius 3 is 2.72 bits per heavy atom. The largest absolute Gasteiger partial charge is 0.342 e. The zero-order valence-corrected chi connectivity index (χ0v) is 10.3. The molecule has 0 spiro atoms. The SMILES string of the molecule is O=C=Nc1cn(C2CCCCC2)c2ccccc12. The monoisotopic (exact) mass is 240 g/mol. The number of isocyanates is 1. The van der Waals surface area contributed by atoms with Crippen LogP contribution in [0, 0.1) is 0 Å². The van der Waals surface area contributed by atoms with Gasteiger partial charge in [-0.2, -0.15) is 4.99 Å². The van der Waals surface area contributed by atoms with E-state index in [4.69, 9.17) is 0 Å². The van der Waals surface area contributed by atoms with Gasteiger partial charge < -0.3 is 4.57 Å². The number of aliphatic imine (C=N–C) groups is 1. The Kier molecular flexibility index (Phi) is 2.99. The van der Waals surface area contributed by atoms with Crippen molar-refractivity contribution in [2.45, 2.75) is 38.1 Å². The van der Waals surface area contributed by atoms with Gasteiger partial charge >= 0.3 is 0 Å². The molecule has 1 aromatic heterocycles. The van der Waals surface area contributed by atoms with Gasteiger partial charge in [0.2, 0.25) is 6.08 Å². The van der Waals surface area contributed by atoms with Crippen LogP contribution >= 0.6 is 0 Å². The third kappa shape index (κ3) is 1.87. The van der Waals surface area contributed by atoms with Crippen LogP contribution < -0.4 is 0 Å². The lowest BCUT2D eigenvalue weighted by Gasteiger charge is -2.24. The van der Waals surface area contributed by atoms with Crippen molar-refractivity contribution >= 4 is 22.7 Å². The molecule has 92 valence electrons. The first-order chi connectivity index (χ1) is 8.90. The van der Waals surface area contributed by atoms with Crippen molar-refractivity contribution in [3.05, 3.63) is 30.5 Å². The highest BCUT2D eigenvalue weighted by molar-refractivity contribution is 5.92. The first-order valence-electron chi connectivity index (χ1n) is 6.57. The van der Waals surface area contributed by atoms with Crippen molar-refractivity contribution in [1.29, 1.82) is 0 Å². The number of aromatic nitrogens is 1. The van der Waals surface area contributed by atoms with Crippen molar-refractivity contribution < 1.29 is 4.79 Å². The molecule has 0 N–H and O–H groups in total. The lowest BCUT2D eigenvalue weighted by atomic mass is 9.95. The molecule has 0 bridgehead atoms. The van der Waals surface area contributed by atoms with Gasteiger partial charge in [0, 0.05) is 17.6 Å². The molecule has 1 saturated carbocycles. The molecule has 0 unspecified atom stereocenters. The van der Waals surface area contributed by atoms with E-state index < -0.39 is 0 Å². The summed E-state index contributed by atoms with van der Waals surface area (Å²) in [6.45, 7) is 0. The molecule has 3 nitrogen and oxygen atoms in total. The average Bonchev–Trinajstić information content (AvgIpc) is 2.80. The maximum Gasteiger partial charge on any atom is 0.240 e. The second-order valence-corrected chi connectivity index (χ2v) is 4.93. The standard InChI is InChI=1S/C15H16N2O/c18-11-16-14-10-17(12-6-2-1-3-7-12)15-9-5-4-8-13(14)15/h4-5,8-10,12H,1-3,6-7H2. The highest BCUT2D eigenvalue weighted by Crippen LogP contribution is 2.35. The predicted octanol–water partition coefficient (Wildman–Crippen LogP) is 4.11. The van der Waals surface area contributed by atoms with Gasteiger partial charge in [-0.05, 0) is 18.9 Å². The van der Waals surface area contributed by atoms with E-state index in [0.717, 1.165) is 11.1 Å². The van der Waals surface area contributed by atoms with Crippen LogP contribution in [0.5, 0.6) is 0 Å². The number of carbonyl (C=O) groups excluding carboxylic acids is 1. The fourth-order valence-corrected chi connectivity index (χ4v) is 2.99. The summed E-state index contributed by atoms with van der Waals surface area (Å²) < 4.78 is 2.30. The smallest absolute Gasteiger partial charge is 0.240 e. The van der Waals surface area contributed by atoms with Gasteiger partial charge in [0.05, 0.1) is 5.52 Å². The normalized spacial score (nSPS) is 16.7. The van der Waals surface area contributed by atoms with Gasteiger partial charge in [-0.3, -0.25) is 0 Å². The summed E-state index contributed by atoms with van der Waals surface area (Å²) in [4.78, 5) is 14.3. The van der Waals surface area contributed by atoms with Crippen LogP contribution in [-0.4, -0.2) is 10.6 Å². The molecule has 0 saturated heterocycles. The molecule has 1 fully saturated rings. The summed E-state index contributed by atoms with van der Waals surface area (Å²) in [6, 6.07) is 8.70. The summed E-state index contributed by atoms with van der Waals surface area (Å²) in [5.74, 6) is 0. The number of para-hydroxylation sites is 1. The van der Waals surface area contributed by atoms with Crippen LogP contribution in [0.1, 0.15) is 38.1 Å². The second-order valence-electron chi connectivity index (χ2n) is 4.93. The Balaban J connectivity index is 2.13. The minimum atomic E-state index is 0.555. The summed E-state index contributed by atoms with van der Waals surface area (Å²) >= 11 is 0. The van der Waals surface area contributed by atoms with Gasteiger partial charge in [0.15, 0.2) is 0 Å². The van der Waals surface area contributed by atoms with E-state index in [1.165, 1.54) is 37.6 Å². The molecular weight excluding hydrogens is 224 g/mol. The van der Waals surface area contributed by atoms with Crippen LogP contribution in [0.4, 0.5) is 5.69 Å². The van der Waals surface area contributed by atoms with Gasteiger partial charge in [0.25, 0.3) is 0 Å². The third-order valence-corrected chi connectivity index (χ3v) is 3.85. The van der Waals surface area contributed by atoms with E-state index in [1.54, 1.807) is 6.08 Å². The molecule has 2 aromatic rings. The van der Waals surface area contributed by atoms with E-state index in [1.807, 2.05) is 24.4 Å². The van der Waals surface area contributed by atoms with Crippen molar-refractivity contribution in [3.8, 4) is 0 Å².